The van der Waals surface area contributed by atoms with Crippen LogP contribution in [0.1, 0.15) is 45.5 Å². The van der Waals surface area contributed by atoms with Gasteiger partial charge >= 0.3 is 0 Å². The molecule has 1 aliphatic carbocycles. The van der Waals surface area contributed by atoms with E-state index in [2.05, 4.69) is 27.1 Å². The van der Waals surface area contributed by atoms with Gasteiger partial charge in [0.15, 0.2) is 0 Å². The van der Waals surface area contributed by atoms with E-state index in [-0.39, 0.29) is 17.9 Å². The minimum atomic E-state index is -0.494. The van der Waals surface area contributed by atoms with Crippen LogP contribution in [0.15, 0.2) is 48.7 Å². The molecule has 4 rings (SSSR count). The lowest BCUT2D eigenvalue weighted by atomic mass is 9.75. The zero-order chi connectivity index (χ0) is 20.8. The van der Waals surface area contributed by atoms with Crippen molar-refractivity contribution in [3.05, 3.63) is 60.1 Å². The fraction of sp³-hybridized carbons (Fsp3) is 0.391. The van der Waals surface area contributed by atoms with Crippen LogP contribution in [0.25, 0.3) is 5.57 Å². The highest BCUT2D eigenvalue weighted by atomic mass is 16.5. The maximum Gasteiger partial charge on any atom is 0.237 e. The van der Waals surface area contributed by atoms with Crippen LogP contribution in [0.4, 0.5) is 5.69 Å². The van der Waals surface area contributed by atoms with Gasteiger partial charge in [0.1, 0.15) is 11.6 Å². The molecule has 1 atom stereocenters. The lowest BCUT2D eigenvalue weighted by Gasteiger charge is -2.26. The Labute approximate surface area is 171 Å². The molecule has 6 nitrogen and oxygen atoms in total. The number of aromatic nitrogens is 3. The molecule has 0 radical (unpaired) electrons. The molecule has 0 aromatic carbocycles. The van der Waals surface area contributed by atoms with E-state index >= 15 is 0 Å². The molecule has 2 aromatic rings. The molecule has 0 spiro atoms. The molecule has 150 valence electrons. The van der Waals surface area contributed by atoms with Gasteiger partial charge in [-0.15, -0.1) is 0 Å². The molecule has 0 saturated carbocycles. The van der Waals surface area contributed by atoms with E-state index in [0.717, 1.165) is 34.8 Å². The van der Waals surface area contributed by atoms with Gasteiger partial charge in [0, 0.05) is 35.6 Å². The zero-order valence-electron chi connectivity index (χ0n) is 17.5. The fourth-order valence-corrected chi connectivity index (χ4v) is 4.00. The third-order valence-corrected chi connectivity index (χ3v) is 5.56. The van der Waals surface area contributed by atoms with Crippen molar-refractivity contribution in [3.8, 4) is 5.75 Å². The summed E-state index contributed by atoms with van der Waals surface area (Å²) in [6.45, 7) is 9.84. The third-order valence-electron chi connectivity index (χ3n) is 5.56. The first-order valence-electron chi connectivity index (χ1n) is 9.94. The van der Waals surface area contributed by atoms with Gasteiger partial charge in [0.25, 0.3) is 0 Å². The summed E-state index contributed by atoms with van der Waals surface area (Å²) in [5.74, 6) is 1.58. The minimum Gasteiger partial charge on any atom is -0.489 e. The Kier molecular flexibility index (Phi) is 4.73. The van der Waals surface area contributed by atoms with Crippen LogP contribution in [0, 0.1) is 18.3 Å². The molecule has 6 heteroatoms. The number of rotatable bonds is 4. The predicted octanol–water partition coefficient (Wildman–Crippen LogP) is 4.33. The Morgan fingerprint density at radius 2 is 1.90 bits per heavy atom. The van der Waals surface area contributed by atoms with E-state index in [4.69, 9.17) is 4.74 Å². The summed E-state index contributed by atoms with van der Waals surface area (Å²) in [4.78, 5) is 28.1. The fourth-order valence-electron chi connectivity index (χ4n) is 4.00. The Hall–Kier alpha value is -3.02. The van der Waals surface area contributed by atoms with Crippen molar-refractivity contribution in [3.63, 3.8) is 0 Å². The summed E-state index contributed by atoms with van der Waals surface area (Å²) in [6, 6.07) is 1.89. The number of nitrogens with zero attached hydrogens (tertiary/aromatic N) is 4. The van der Waals surface area contributed by atoms with Crippen molar-refractivity contribution in [1.29, 1.82) is 0 Å². The Balaban J connectivity index is 1.76. The first-order valence-corrected chi connectivity index (χ1v) is 9.94. The second kappa shape index (κ2) is 7.10. The number of allylic oxidation sites excluding steroid dienone is 4. The molecule has 2 aliphatic rings. The first kappa shape index (κ1) is 19.3. The second-order valence-electron chi connectivity index (χ2n) is 8.44. The SMILES string of the molecule is Cc1ncc(C2=CCC3C(=C2)N(c2cncc(OC(C)C)c2)C(=O)C3(C)C)cn1. The smallest absolute Gasteiger partial charge is 0.237 e. The third kappa shape index (κ3) is 3.43. The van der Waals surface area contributed by atoms with Crippen LogP contribution in [-0.2, 0) is 4.79 Å². The number of ether oxygens (including phenoxy) is 1. The number of hydrogen-bond acceptors (Lipinski definition) is 5. The average Bonchev–Trinajstić information content (AvgIpc) is 2.87. The summed E-state index contributed by atoms with van der Waals surface area (Å²) in [6.07, 6.45) is 12.2. The molecule has 1 fully saturated rings. The van der Waals surface area contributed by atoms with Crippen molar-refractivity contribution in [1.82, 2.24) is 15.0 Å². The van der Waals surface area contributed by atoms with Gasteiger partial charge in [-0.25, -0.2) is 9.97 Å². The maximum atomic E-state index is 13.4. The lowest BCUT2D eigenvalue weighted by Crippen LogP contribution is -2.31. The standard InChI is InChI=1S/C23H26N4O2/c1-14(2)29-19-9-18(12-24-13-19)27-21-8-16(17-10-25-15(3)26-11-17)6-7-20(21)23(4,5)22(27)28/h6,8-14,20H,7H2,1-5H3. The molecule has 1 amide bonds. The van der Waals surface area contributed by atoms with Crippen LogP contribution in [-0.4, -0.2) is 27.0 Å². The molecule has 1 unspecified atom stereocenters. The Morgan fingerprint density at radius 3 is 2.59 bits per heavy atom. The molecule has 1 aliphatic heterocycles. The molecule has 1 saturated heterocycles. The molecule has 29 heavy (non-hydrogen) atoms. The highest BCUT2D eigenvalue weighted by Crippen LogP contribution is 2.50. The number of carbonyl (C=O) groups excluding carboxylic acids is 1. The second-order valence-corrected chi connectivity index (χ2v) is 8.44. The monoisotopic (exact) mass is 390 g/mol. The van der Waals surface area contributed by atoms with Crippen LogP contribution >= 0.6 is 0 Å². The van der Waals surface area contributed by atoms with E-state index in [9.17, 15) is 4.79 Å². The van der Waals surface area contributed by atoms with E-state index < -0.39 is 5.41 Å². The molecular weight excluding hydrogens is 364 g/mol. The van der Waals surface area contributed by atoms with Gasteiger partial charge in [-0.05, 0) is 38.8 Å². The predicted molar refractivity (Wildman–Crippen MR) is 112 cm³/mol. The summed E-state index contributed by atoms with van der Waals surface area (Å²) in [5, 5.41) is 0. The Bertz CT molecular complexity index is 1010. The van der Waals surface area contributed by atoms with Crippen LogP contribution < -0.4 is 9.64 Å². The van der Waals surface area contributed by atoms with Gasteiger partial charge in [-0.2, -0.15) is 0 Å². The molecule has 3 heterocycles. The van der Waals surface area contributed by atoms with Crippen molar-refractivity contribution in [2.45, 2.75) is 47.1 Å². The van der Waals surface area contributed by atoms with Crippen molar-refractivity contribution in [2.24, 2.45) is 11.3 Å². The van der Waals surface area contributed by atoms with Crippen molar-refractivity contribution >= 4 is 17.2 Å². The van der Waals surface area contributed by atoms with Crippen molar-refractivity contribution in [2.75, 3.05) is 4.90 Å². The zero-order valence-corrected chi connectivity index (χ0v) is 17.5. The number of anilines is 1. The summed E-state index contributed by atoms with van der Waals surface area (Å²) < 4.78 is 5.79. The molecular formula is C23H26N4O2. The highest BCUT2D eigenvalue weighted by molar-refractivity contribution is 6.05. The van der Waals surface area contributed by atoms with Crippen LogP contribution in [0.2, 0.25) is 0 Å². The quantitative estimate of drug-likeness (QED) is 0.777. The number of pyridine rings is 1. The van der Waals surface area contributed by atoms with Crippen LogP contribution in [0.5, 0.6) is 5.75 Å². The van der Waals surface area contributed by atoms with E-state index in [1.165, 1.54) is 0 Å². The van der Waals surface area contributed by atoms with Gasteiger partial charge in [-0.1, -0.05) is 19.9 Å². The minimum absolute atomic E-state index is 0.0375. The van der Waals surface area contributed by atoms with Gasteiger partial charge in [0.2, 0.25) is 5.91 Å². The number of fused-ring (bicyclic) bond motifs is 1. The summed E-state index contributed by atoms with van der Waals surface area (Å²) in [7, 11) is 0. The van der Waals surface area contributed by atoms with E-state index in [0.29, 0.717) is 5.75 Å². The topological polar surface area (TPSA) is 68.2 Å². The first-order chi connectivity index (χ1) is 13.8. The summed E-state index contributed by atoms with van der Waals surface area (Å²) in [5.41, 5.74) is 3.22. The average molecular weight is 390 g/mol. The number of aryl methyl sites for hydroxylation is 1. The molecule has 0 bridgehead atoms. The normalized spacial score (nSPS) is 20.4. The lowest BCUT2D eigenvalue weighted by molar-refractivity contribution is -0.125. The van der Waals surface area contributed by atoms with E-state index in [1.54, 1.807) is 17.3 Å². The molecule has 0 N–H and O–H groups in total. The Morgan fingerprint density at radius 1 is 1.17 bits per heavy atom. The molecule has 2 aromatic heterocycles. The number of amides is 1. The summed E-state index contributed by atoms with van der Waals surface area (Å²) >= 11 is 0. The maximum absolute atomic E-state index is 13.4. The van der Waals surface area contributed by atoms with Gasteiger partial charge < -0.3 is 4.74 Å². The van der Waals surface area contributed by atoms with E-state index in [1.807, 2.05) is 53.1 Å². The van der Waals surface area contributed by atoms with Crippen molar-refractivity contribution < 1.29 is 9.53 Å². The largest absolute Gasteiger partial charge is 0.489 e. The van der Waals surface area contributed by atoms with Gasteiger partial charge in [-0.3, -0.25) is 14.7 Å². The number of hydrogen-bond donors (Lipinski definition) is 0. The van der Waals surface area contributed by atoms with Gasteiger partial charge in [0.05, 0.1) is 29.6 Å². The van der Waals surface area contributed by atoms with Crippen LogP contribution in [0.3, 0.4) is 0 Å². The number of carbonyl (C=O) groups is 1. The highest BCUT2D eigenvalue weighted by Gasteiger charge is 2.51.